The van der Waals surface area contributed by atoms with Crippen LogP contribution in [0, 0.1) is 11.2 Å². The molecule has 0 aliphatic carbocycles. The largest absolute Gasteiger partial charge is 0.342 e. The Balaban J connectivity index is 1.58. The molecule has 3 heterocycles. The van der Waals surface area contributed by atoms with Gasteiger partial charge in [0, 0.05) is 44.3 Å². The summed E-state index contributed by atoms with van der Waals surface area (Å²) < 4.78 is 16.1. The normalized spacial score (nSPS) is 16.9. The summed E-state index contributed by atoms with van der Waals surface area (Å²) >= 11 is 0. The second kappa shape index (κ2) is 12.8. The average Bonchev–Trinajstić information content (AvgIpc) is 3.60. The summed E-state index contributed by atoms with van der Waals surface area (Å²) in [5, 5.41) is 5.85. The fourth-order valence-electron chi connectivity index (χ4n) is 5.11. The third-order valence-corrected chi connectivity index (χ3v) is 7.67. The lowest BCUT2D eigenvalue weighted by molar-refractivity contribution is -0.140. The molecule has 2 N–H and O–H groups in total. The predicted molar refractivity (Wildman–Crippen MR) is 154 cm³/mol. The van der Waals surface area contributed by atoms with Gasteiger partial charge in [0.2, 0.25) is 17.6 Å². The third kappa shape index (κ3) is 7.08. The Morgan fingerprint density at radius 3 is 2.63 bits per heavy atom. The number of rotatable bonds is 10. The van der Waals surface area contributed by atoms with Gasteiger partial charge < -0.3 is 20.4 Å². The number of nitrogens with one attached hydrogen (secondary N) is 2. The second-order valence-electron chi connectivity index (χ2n) is 11.7. The minimum Gasteiger partial charge on any atom is -0.342 e. The molecule has 1 aromatic carbocycles. The first-order valence-electron chi connectivity index (χ1n) is 14.1. The molecule has 41 heavy (non-hydrogen) atoms. The molecule has 1 fully saturated rings. The Kier molecular flexibility index (Phi) is 9.37. The number of hydrogen-bond acceptors (Lipinski definition) is 6. The summed E-state index contributed by atoms with van der Waals surface area (Å²) in [7, 11) is 1.70. The number of hydrogen-bond donors (Lipinski definition) is 2. The van der Waals surface area contributed by atoms with Crippen molar-refractivity contribution in [3.05, 3.63) is 66.0 Å². The molecule has 3 unspecified atom stereocenters. The van der Waals surface area contributed by atoms with E-state index in [1.165, 1.54) is 6.07 Å². The van der Waals surface area contributed by atoms with Crippen LogP contribution in [-0.2, 0) is 16.0 Å². The highest BCUT2D eigenvalue weighted by molar-refractivity contribution is 5.93. The predicted octanol–water partition coefficient (Wildman–Crippen LogP) is 2.68. The van der Waals surface area contributed by atoms with Gasteiger partial charge in [0.1, 0.15) is 17.6 Å². The molecule has 1 aliphatic heterocycles. The maximum absolute atomic E-state index is 14.4. The van der Waals surface area contributed by atoms with Gasteiger partial charge in [0.15, 0.2) is 0 Å². The standard InChI is InChI=1S/C30H40FN7O3/c1-20(32-5)26(39)35-25(30(2,3)4)28(41)38-16-8-11-22(38)18-36(17-13-21-10-6-7-12-23(21)31)27(40)24-19-37-15-9-14-33-29(37)34-24/h6-7,9-10,12,14-15,19-20,22,25,32H,8,11,13,16-18H2,1-5H3,(H,35,39). The lowest BCUT2D eigenvalue weighted by atomic mass is 9.85. The first kappa shape index (κ1) is 30.1. The maximum Gasteiger partial charge on any atom is 0.274 e. The minimum absolute atomic E-state index is 0.171. The van der Waals surface area contributed by atoms with Crippen LogP contribution in [0.5, 0.6) is 0 Å². The zero-order chi connectivity index (χ0) is 29.7. The maximum atomic E-state index is 14.4. The van der Waals surface area contributed by atoms with Crippen LogP contribution < -0.4 is 10.6 Å². The van der Waals surface area contributed by atoms with Crippen molar-refractivity contribution in [3.8, 4) is 0 Å². The van der Waals surface area contributed by atoms with Gasteiger partial charge in [-0.25, -0.2) is 14.4 Å². The fourth-order valence-corrected chi connectivity index (χ4v) is 5.11. The molecule has 3 aromatic rings. The number of likely N-dealkylation sites (tertiary alicyclic amines) is 1. The van der Waals surface area contributed by atoms with Gasteiger partial charge in [-0.1, -0.05) is 39.0 Å². The van der Waals surface area contributed by atoms with Crippen molar-refractivity contribution in [1.29, 1.82) is 0 Å². The Morgan fingerprint density at radius 2 is 1.95 bits per heavy atom. The minimum atomic E-state index is -0.738. The van der Waals surface area contributed by atoms with E-state index in [9.17, 15) is 18.8 Å². The van der Waals surface area contributed by atoms with Gasteiger partial charge in [-0.15, -0.1) is 0 Å². The highest BCUT2D eigenvalue weighted by atomic mass is 19.1. The Labute approximate surface area is 240 Å². The number of nitrogens with zero attached hydrogens (tertiary/aromatic N) is 5. The van der Waals surface area contributed by atoms with Crippen LogP contribution in [0.25, 0.3) is 5.78 Å². The number of amides is 3. The van der Waals surface area contributed by atoms with Crippen LogP contribution in [0.2, 0.25) is 0 Å². The summed E-state index contributed by atoms with van der Waals surface area (Å²) in [6, 6.07) is 6.82. The van der Waals surface area contributed by atoms with Crippen LogP contribution in [0.15, 0.2) is 48.9 Å². The molecule has 3 atom stereocenters. The van der Waals surface area contributed by atoms with E-state index in [0.29, 0.717) is 30.7 Å². The first-order chi connectivity index (χ1) is 19.5. The van der Waals surface area contributed by atoms with Gasteiger partial charge in [-0.05, 0) is 56.3 Å². The molecule has 0 saturated carbocycles. The van der Waals surface area contributed by atoms with E-state index in [-0.39, 0.29) is 48.4 Å². The van der Waals surface area contributed by atoms with Crippen LogP contribution in [-0.4, -0.2) is 86.7 Å². The molecular weight excluding hydrogens is 525 g/mol. The van der Waals surface area contributed by atoms with Crippen molar-refractivity contribution in [3.63, 3.8) is 0 Å². The number of likely N-dealkylation sites (N-methyl/N-ethyl adjacent to an activating group) is 1. The SMILES string of the molecule is CNC(C)C(=O)NC(C(=O)N1CCCC1CN(CCc1ccccc1F)C(=O)c1cn2cccnc2n1)C(C)(C)C. The lowest BCUT2D eigenvalue weighted by Gasteiger charge is -2.37. The number of imidazole rings is 1. The number of carbonyl (C=O) groups is 3. The molecule has 1 aliphatic rings. The molecule has 2 aromatic heterocycles. The van der Waals surface area contributed by atoms with Gasteiger partial charge in [0.25, 0.3) is 5.91 Å². The van der Waals surface area contributed by atoms with Crippen LogP contribution in [0.3, 0.4) is 0 Å². The quantitative estimate of drug-likeness (QED) is 0.391. The highest BCUT2D eigenvalue weighted by Crippen LogP contribution is 2.27. The third-order valence-electron chi connectivity index (χ3n) is 7.67. The molecule has 4 rings (SSSR count). The molecule has 0 bridgehead atoms. The number of halogens is 1. The number of carbonyl (C=O) groups excluding carboxylic acids is 3. The number of benzene rings is 1. The monoisotopic (exact) mass is 565 g/mol. The highest BCUT2D eigenvalue weighted by Gasteiger charge is 2.41. The zero-order valence-electron chi connectivity index (χ0n) is 24.4. The van der Waals surface area contributed by atoms with E-state index in [0.717, 1.165) is 6.42 Å². The summed E-state index contributed by atoms with van der Waals surface area (Å²) in [5.74, 6) is -0.653. The van der Waals surface area contributed by atoms with Crippen molar-refractivity contribution in [1.82, 2.24) is 34.8 Å². The van der Waals surface area contributed by atoms with E-state index in [2.05, 4.69) is 20.6 Å². The first-order valence-corrected chi connectivity index (χ1v) is 14.1. The van der Waals surface area contributed by atoms with Crippen molar-refractivity contribution in [2.45, 2.75) is 65.1 Å². The molecule has 3 amide bonds. The van der Waals surface area contributed by atoms with Crippen molar-refractivity contribution < 1.29 is 18.8 Å². The van der Waals surface area contributed by atoms with Crippen molar-refractivity contribution in [2.24, 2.45) is 5.41 Å². The Hall–Kier alpha value is -3.86. The smallest absolute Gasteiger partial charge is 0.274 e. The molecule has 11 heteroatoms. The molecule has 220 valence electrons. The summed E-state index contributed by atoms with van der Waals surface area (Å²) in [6.45, 7) is 8.55. The number of aromatic nitrogens is 3. The lowest BCUT2D eigenvalue weighted by Crippen LogP contribution is -2.59. The van der Waals surface area contributed by atoms with Crippen LogP contribution >= 0.6 is 0 Å². The molecule has 0 radical (unpaired) electrons. The summed E-state index contributed by atoms with van der Waals surface area (Å²) in [6.07, 6.45) is 6.81. The average molecular weight is 566 g/mol. The van der Waals surface area contributed by atoms with E-state index < -0.39 is 17.5 Å². The molecule has 1 saturated heterocycles. The fraction of sp³-hybridized carbons (Fsp3) is 0.500. The van der Waals surface area contributed by atoms with Gasteiger partial charge >= 0.3 is 0 Å². The van der Waals surface area contributed by atoms with Crippen molar-refractivity contribution in [2.75, 3.05) is 26.7 Å². The molecule has 0 spiro atoms. The Morgan fingerprint density at radius 1 is 1.20 bits per heavy atom. The van der Waals surface area contributed by atoms with Gasteiger partial charge in [0.05, 0.1) is 6.04 Å². The van der Waals surface area contributed by atoms with E-state index in [1.54, 1.807) is 71.0 Å². The topological polar surface area (TPSA) is 112 Å². The van der Waals surface area contributed by atoms with Gasteiger partial charge in [-0.3, -0.25) is 18.8 Å². The molecule has 10 nitrogen and oxygen atoms in total. The van der Waals surface area contributed by atoms with E-state index in [4.69, 9.17) is 0 Å². The van der Waals surface area contributed by atoms with E-state index >= 15 is 0 Å². The van der Waals surface area contributed by atoms with Crippen LogP contribution in [0.1, 0.15) is 56.6 Å². The Bertz CT molecular complexity index is 1350. The zero-order valence-corrected chi connectivity index (χ0v) is 24.4. The summed E-state index contributed by atoms with van der Waals surface area (Å²) in [4.78, 5) is 52.5. The summed E-state index contributed by atoms with van der Waals surface area (Å²) in [5.41, 5.74) is 0.210. The van der Waals surface area contributed by atoms with Gasteiger partial charge in [-0.2, -0.15) is 0 Å². The molecular formula is C30H40FN7O3. The van der Waals surface area contributed by atoms with E-state index in [1.807, 2.05) is 20.8 Å². The van der Waals surface area contributed by atoms with Crippen LogP contribution in [0.4, 0.5) is 4.39 Å². The number of fused-ring (bicyclic) bond motifs is 1. The second-order valence-corrected chi connectivity index (χ2v) is 11.7. The van der Waals surface area contributed by atoms with Crippen molar-refractivity contribution >= 4 is 23.5 Å².